The number of benzene rings is 2. The second-order valence-corrected chi connectivity index (χ2v) is 6.13. The molecule has 0 bridgehead atoms. The highest BCUT2D eigenvalue weighted by Gasteiger charge is 2.62. The predicted molar refractivity (Wildman–Crippen MR) is 77.8 cm³/mol. The van der Waals surface area contributed by atoms with Gasteiger partial charge in [-0.2, -0.15) is 17.6 Å². The first-order valence-corrected chi connectivity index (χ1v) is 7.21. The topological polar surface area (TPSA) is 0 Å². The van der Waals surface area contributed by atoms with E-state index in [4.69, 9.17) is 11.6 Å². The number of alkyl halides is 5. The minimum Gasteiger partial charge on any atom is -0.194 e. The van der Waals surface area contributed by atoms with Gasteiger partial charge >= 0.3 is 11.8 Å². The molecule has 0 unspecified atom stereocenters. The summed E-state index contributed by atoms with van der Waals surface area (Å²) in [6.45, 7) is 3.42. The van der Waals surface area contributed by atoms with Gasteiger partial charge in [0.1, 0.15) is 0 Å². The van der Waals surface area contributed by atoms with Gasteiger partial charge in [0.2, 0.25) is 0 Å². The number of halogens is 5. The molecule has 0 radical (unpaired) electrons. The van der Waals surface area contributed by atoms with Gasteiger partial charge in [-0.1, -0.05) is 47.5 Å². The average molecular weight is 329 g/mol. The summed E-state index contributed by atoms with van der Waals surface area (Å²) in [5.74, 6) is -8.63. The third kappa shape index (κ3) is 1.97. The van der Waals surface area contributed by atoms with Crippen molar-refractivity contribution in [3.05, 3.63) is 69.8 Å². The Morgan fingerprint density at radius 1 is 0.773 bits per heavy atom. The van der Waals surface area contributed by atoms with Crippen LogP contribution in [0.15, 0.2) is 36.4 Å². The third-order valence-corrected chi connectivity index (χ3v) is 4.50. The lowest BCUT2D eigenvalue weighted by molar-refractivity contribution is -0.223. The van der Waals surface area contributed by atoms with E-state index in [9.17, 15) is 17.6 Å². The quantitative estimate of drug-likeness (QED) is 0.421. The Bertz CT molecular complexity index is 689. The SMILES string of the molecule is Cc1ccc2c(c1)C(Cl)c1cc(C)ccc1C(F)(F)C2(F)F. The van der Waals surface area contributed by atoms with Crippen LogP contribution in [-0.2, 0) is 11.8 Å². The van der Waals surface area contributed by atoms with Gasteiger partial charge in [0.05, 0.1) is 5.38 Å². The van der Waals surface area contributed by atoms with Crippen molar-refractivity contribution in [1.82, 2.24) is 0 Å². The average Bonchev–Trinajstić information content (AvgIpc) is 2.48. The first-order chi connectivity index (χ1) is 10.2. The van der Waals surface area contributed by atoms with E-state index in [1.807, 2.05) is 0 Å². The number of rotatable bonds is 0. The highest BCUT2D eigenvalue weighted by molar-refractivity contribution is 6.23. The summed E-state index contributed by atoms with van der Waals surface area (Å²) >= 11 is 6.31. The summed E-state index contributed by atoms with van der Waals surface area (Å²) in [6, 6.07) is 7.80. The Kier molecular flexibility index (Phi) is 3.29. The Hall–Kier alpha value is -1.55. The van der Waals surface area contributed by atoms with Crippen LogP contribution in [0.1, 0.15) is 38.8 Å². The molecule has 2 aromatic carbocycles. The highest BCUT2D eigenvalue weighted by atomic mass is 35.5. The molecule has 0 aliphatic heterocycles. The Balaban J connectivity index is 2.42. The molecule has 0 amide bonds. The second-order valence-electron chi connectivity index (χ2n) is 5.69. The molecular formula is C17H13ClF4. The molecule has 0 saturated heterocycles. The first-order valence-electron chi connectivity index (χ1n) is 6.78. The highest BCUT2D eigenvalue weighted by Crippen LogP contribution is 2.56. The minimum absolute atomic E-state index is 0.0377. The van der Waals surface area contributed by atoms with Crippen molar-refractivity contribution in [2.24, 2.45) is 0 Å². The van der Waals surface area contributed by atoms with Gasteiger partial charge in [-0.3, -0.25) is 0 Å². The second kappa shape index (κ2) is 4.72. The monoisotopic (exact) mass is 328 g/mol. The maximum absolute atomic E-state index is 14.5. The van der Waals surface area contributed by atoms with Gasteiger partial charge in [-0.25, -0.2) is 0 Å². The molecule has 116 valence electrons. The van der Waals surface area contributed by atoms with E-state index in [2.05, 4.69) is 0 Å². The van der Waals surface area contributed by atoms with Crippen molar-refractivity contribution in [3.8, 4) is 0 Å². The first kappa shape index (κ1) is 15.3. The lowest BCUT2D eigenvalue weighted by atomic mass is 9.95. The fourth-order valence-corrected chi connectivity index (χ4v) is 3.22. The number of hydrogen-bond acceptors (Lipinski definition) is 0. The number of hydrogen-bond donors (Lipinski definition) is 0. The van der Waals surface area contributed by atoms with Crippen LogP contribution in [0.25, 0.3) is 0 Å². The lowest BCUT2D eigenvalue weighted by Gasteiger charge is -2.27. The van der Waals surface area contributed by atoms with E-state index in [1.165, 1.54) is 24.3 Å². The van der Waals surface area contributed by atoms with Crippen molar-refractivity contribution in [2.75, 3.05) is 0 Å². The van der Waals surface area contributed by atoms with Crippen LogP contribution in [0.3, 0.4) is 0 Å². The van der Waals surface area contributed by atoms with Crippen LogP contribution in [0.5, 0.6) is 0 Å². The molecule has 0 nitrogen and oxygen atoms in total. The Morgan fingerprint density at radius 2 is 1.14 bits per heavy atom. The normalized spacial score (nSPS) is 19.2. The van der Waals surface area contributed by atoms with E-state index >= 15 is 0 Å². The summed E-state index contributed by atoms with van der Waals surface area (Å²) < 4.78 is 58.0. The van der Waals surface area contributed by atoms with Gasteiger partial charge in [-0.05, 0) is 25.0 Å². The molecule has 0 fully saturated rings. The van der Waals surface area contributed by atoms with E-state index in [0.29, 0.717) is 11.1 Å². The summed E-state index contributed by atoms with van der Waals surface area (Å²) in [7, 11) is 0. The summed E-state index contributed by atoms with van der Waals surface area (Å²) in [6.07, 6.45) is 0. The van der Waals surface area contributed by atoms with Crippen LogP contribution >= 0.6 is 11.6 Å². The molecule has 2 aromatic rings. The zero-order chi connectivity index (χ0) is 16.3. The van der Waals surface area contributed by atoms with Crippen molar-refractivity contribution in [1.29, 1.82) is 0 Å². The van der Waals surface area contributed by atoms with Crippen LogP contribution < -0.4 is 0 Å². The molecule has 1 aliphatic carbocycles. The molecule has 1 aliphatic rings. The molecule has 0 heterocycles. The van der Waals surface area contributed by atoms with Gasteiger partial charge in [-0.15, -0.1) is 11.6 Å². The van der Waals surface area contributed by atoms with Gasteiger partial charge in [0, 0.05) is 11.1 Å². The van der Waals surface area contributed by atoms with Crippen molar-refractivity contribution in [3.63, 3.8) is 0 Å². The molecule has 22 heavy (non-hydrogen) atoms. The molecule has 0 spiro atoms. The van der Waals surface area contributed by atoms with Crippen molar-refractivity contribution in [2.45, 2.75) is 31.1 Å². The predicted octanol–water partition coefficient (Wildman–Crippen LogP) is 5.83. The molecule has 0 atom stereocenters. The molecule has 3 rings (SSSR count). The maximum Gasteiger partial charge on any atom is 0.340 e. The van der Waals surface area contributed by atoms with Crippen LogP contribution in [0.4, 0.5) is 17.6 Å². The van der Waals surface area contributed by atoms with E-state index in [-0.39, 0.29) is 11.1 Å². The number of aryl methyl sites for hydroxylation is 2. The molecule has 0 saturated carbocycles. The smallest absolute Gasteiger partial charge is 0.194 e. The fraction of sp³-hybridized carbons (Fsp3) is 0.294. The van der Waals surface area contributed by atoms with Crippen molar-refractivity contribution < 1.29 is 17.6 Å². The van der Waals surface area contributed by atoms with Crippen LogP contribution in [0.2, 0.25) is 0 Å². The largest absolute Gasteiger partial charge is 0.340 e. The standard InChI is InChI=1S/C17H13ClF4/c1-9-3-5-13-11(7-9)15(18)12-8-10(2)4-6-14(12)17(21,22)16(13,19)20/h3-8,15H,1-2H3. The summed E-state index contributed by atoms with van der Waals surface area (Å²) in [4.78, 5) is 0. The van der Waals surface area contributed by atoms with E-state index in [1.54, 1.807) is 13.8 Å². The van der Waals surface area contributed by atoms with Gasteiger partial charge in [0.25, 0.3) is 0 Å². The van der Waals surface area contributed by atoms with E-state index < -0.39 is 28.3 Å². The summed E-state index contributed by atoms with van der Waals surface area (Å²) in [5, 5.41) is -1.04. The lowest BCUT2D eigenvalue weighted by Crippen LogP contribution is -2.35. The van der Waals surface area contributed by atoms with Crippen LogP contribution in [-0.4, -0.2) is 0 Å². The maximum atomic E-state index is 14.5. The Morgan fingerprint density at radius 3 is 1.50 bits per heavy atom. The zero-order valence-corrected chi connectivity index (χ0v) is 12.7. The third-order valence-electron chi connectivity index (χ3n) is 4.03. The van der Waals surface area contributed by atoms with Crippen molar-refractivity contribution >= 4 is 11.6 Å². The molecule has 0 N–H and O–H groups in total. The molecular weight excluding hydrogens is 316 g/mol. The zero-order valence-electron chi connectivity index (χ0n) is 11.9. The minimum atomic E-state index is -4.32. The van der Waals surface area contributed by atoms with E-state index in [0.717, 1.165) is 12.1 Å². The fourth-order valence-electron chi connectivity index (χ4n) is 2.86. The van der Waals surface area contributed by atoms with Gasteiger partial charge in [0.15, 0.2) is 0 Å². The van der Waals surface area contributed by atoms with Gasteiger partial charge < -0.3 is 0 Å². The molecule has 0 aromatic heterocycles. The summed E-state index contributed by atoms with van der Waals surface area (Å²) in [5.41, 5.74) is 0.0412. The van der Waals surface area contributed by atoms with Crippen LogP contribution in [0, 0.1) is 13.8 Å². The molecule has 5 heteroatoms. The number of fused-ring (bicyclic) bond motifs is 2. The Labute approximate surface area is 130 Å².